The number of nitrogens with zero attached hydrogens (tertiary/aromatic N) is 2. The van der Waals surface area contributed by atoms with Crippen LogP contribution in [-0.4, -0.2) is 16.0 Å². The van der Waals surface area contributed by atoms with Gasteiger partial charge < -0.3 is 10.6 Å². The number of benzene rings is 1. The van der Waals surface area contributed by atoms with Gasteiger partial charge in [0.05, 0.1) is 0 Å². The van der Waals surface area contributed by atoms with Gasteiger partial charge in [-0.15, -0.1) is 0 Å². The van der Waals surface area contributed by atoms with Crippen LogP contribution in [0.2, 0.25) is 0 Å². The van der Waals surface area contributed by atoms with Gasteiger partial charge in [0.2, 0.25) is 5.95 Å². The second kappa shape index (κ2) is 5.90. The Morgan fingerprint density at radius 2 is 1.85 bits per heavy atom. The van der Waals surface area contributed by atoms with E-state index >= 15 is 0 Å². The van der Waals surface area contributed by atoms with Crippen LogP contribution in [0.4, 0.5) is 17.5 Å². The number of rotatable bonds is 4. The molecule has 0 spiro atoms. The number of hydrogen-bond donors (Lipinski definition) is 2. The molecule has 4 nitrogen and oxygen atoms in total. The fourth-order valence-corrected chi connectivity index (χ4v) is 2.56. The number of anilines is 3. The van der Waals surface area contributed by atoms with E-state index in [0.717, 1.165) is 17.1 Å². The summed E-state index contributed by atoms with van der Waals surface area (Å²) in [5, 5.41) is 6.78. The second-order valence-electron chi connectivity index (χ2n) is 5.34. The molecule has 0 atom stereocenters. The van der Waals surface area contributed by atoms with E-state index in [9.17, 15) is 0 Å². The SMILES string of the molecule is Cc1cnc(Nc2ccccc2)nc1NC1CCCC1. The standard InChI is InChI=1S/C16H20N4/c1-12-11-17-16(19-14-7-3-2-4-8-14)20-15(12)18-13-9-5-6-10-13/h2-4,7-8,11,13H,5-6,9-10H2,1H3,(H2,17,18,19,20). The number of aryl methyl sites for hydroxylation is 1. The highest BCUT2D eigenvalue weighted by Gasteiger charge is 2.16. The van der Waals surface area contributed by atoms with Gasteiger partial charge in [-0.05, 0) is 31.9 Å². The summed E-state index contributed by atoms with van der Waals surface area (Å²) in [4.78, 5) is 8.94. The largest absolute Gasteiger partial charge is 0.367 e. The number of aromatic nitrogens is 2. The van der Waals surface area contributed by atoms with Crippen molar-refractivity contribution in [1.29, 1.82) is 0 Å². The Balaban J connectivity index is 1.75. The zero-order chi connectivity index (χ0) is 13.8. The minimum absolute atomic E-state index is 0.563. The van der Waals surface area contributed by atoms with Gasteiger partial charge in [-0.25, -0.2) is 4.98 Å². The van der Waals surface area contributed by atoms with E-state index in [4.69, 9.17) is 0 Å². The molecule has 20 heavy (non-hydrogen) atoms. The highest BCUT2D eigenvalue weighted by molar-refractivity contribution is 5.55. The van der Waals surface area contributed by atoms with E-state index in [0.29, 0.717) is 12.0 Å². The molecule has 0 amide bonds. The average Bonchev–Trinajstić information content (AvgIpc) is 2.97. The van der Waals surface area contributed by atoms with Crippen molar-refractivity contribution in [3.63, 3.8) is 0 Å². The fraction of sp³-hybridized carbons (Fsp3) is 0.375. The topological polar surface area (TPSA) is 49.8 Å². The minimum atomic E-state index is 0.563. The molecule has 0 unspecified atom stereocenters. The second-order valence-corrected chi connectivity index (χ2v) is 5.34. The van der Waals surface area contributed by atoms with Gasteiger partial charge in [0.1, 0.15) is 5.82 Å². The maximum atomic E-state index is 4.60. The van der Waals surface area contributed by atoms with Crippen LogP contribution in [0.15, 0.2) is 36.5 Å². The summed E-state index contributed by atoms with van der Waals surface area (Å²) in [5.41, 5.74) is 2.10. The van der Waals surface area contributed by atoms with Crippen molar-refractivity contribution in [3.8, 4) is 0 Å². The molecule has 1 saturated carbocycles. The summed E-state index contributed by atoms with van der Waals surface area (Å²) in [6, 6.07) is 10.6. The van der Waals surface area contributed by atoms with Crippen molar-refractivity contribution in [2.45, 2.75) is 38.6 Å². The third-order valence-electron chi connectivity index (χ3n) is 3.70. The van der Waals surface area contributed by atoms with Crippen LogP contribution in [0.5, 0.6) is 0 Å². The lowest BCUT2D eigenvalue weighted by atomic mass is 10.2. The number of para-hydroxylation sites is 1. The Morgan fingerprint density at radius 1 is 1.10 bits per heavy atom. The first-order valence-corrected chi connectivity index (χ1v) is 7.23. The van der Waals surface area contributed by atoms with Crippen molar-refractivity contribution in [2.75, 3.05) is 10.6 Å². The van der Waals surface area contributed by atoms with Crippen LogP contribution in [0.1, 0.15) is 31.2 Å². The molecule has 104 valence electrons. The maximum Gasteiger partial charge on any atom is 0.229 e. The van der Waals surface area contributed by atoms with Crippen molar-refractivity contribution >= 4 is 17.5 Å². The monoisotopic (exact) mass is 268 g/mol. The first-order chi connectivity index (χ1) is 9.81. The van der Waals surface area contributed by atoms with Crippen molar-refractivity contribution < 1.29 is 0 Å². The Bertz CT molecular complexity index is 562. The molecule has 0 radical (unpaired) electrons. The lowest BCUT2D eigenvalue weighted by Crippen LogP contribution is -2.17. The lowest BCUT2D eigenvalue weighted by Gasteiger charge is -2.15. The van der Waals surface area contributed by atoms with E-state index in [1.54, 1.807) is 0 Å². The predicted molar refractivity (Wildman–Crippen MR) is 82.4 cm³/mol. The Kier molecular flexibility index (Phi) is 3.81. The van der Waals surface area contributed by atoms with Gasteiger partial charge in [0.15, 0.2) is 0 Å². The molecule has 4 heteroatoms. The molecule has 0 bridgehead atoms. The van der Waals surface area contributed by atoms with Crippen LogP contribution >= 0.6 is 0 Å². The van der Waals surface area contributed by atoms with Crippen molar-refractivity contribution in [1.82, 2.24) is 9.97 Å². The Labute approximate surface area is 119 Å². The molecule has 1 aliphatic rings. The molecule has 1 heterocycles. The van der Waals surface area contributed by atoms with Gasteiger partial charge in [-0.3, -0.25) is 0 Å². The third-order valence-corrected chi connectivity index (χ3v) is 3.70. The summed E-state index contributed by atoms with van der Waals surface area (Å²) in [7, 11) is 0. The van der Waals surface area contributed by atoms with Gasteiger partial charge >= 0.3 is 0 Å². The van der Waals surface area contributed by atoms with Gasteiger partial charge in [0.25, 0.3) is 0 Å². The summed E-state index contributed by atoms with van der Waals surface area (Å²) < 4.78 is 0. The molecule has 1 aromatic heterocycles. The molecular formula is C16H20N4. The minimum Gasteiger partial charge on any atom is -0.367 e. The van der Waals surface area contributed by atoms with Gasteiger partial charge in [0, 0.05) is 23.5 Å². The van der Waals surface area contributed by atoms with Gasteiger partial charge in [-0.1, -0.05) is 31.0 Å². The van der Waals surface area contributed by atoms with E-state index in [1.807, 2.05) is 43.5 Å². The zero-order valence-electron chi connectivity index (χ0n) is 11.8. The first-order valence-electron chi connectivity index (χ1n) is 7.23. The molecule has 1 fully saturated rings. The molecule has 3 rings (SSSR count). The Hall–Kier alpha value is -2.10. The summed E-state index contributed by atoms with van der Waals surface area (Å²) in [5.74, 6) is 1.59. The quantitative estimate of drug-likeness (QED) is 0.883. The molecule has 2 N–H and O–H groups in total. The highest BCUT2D eigenvalue weighted by Crippen LogP contribution is 2.23. The van der Waals surface area contributed by atoms with Crippen molar-refractivity contribution in [3.05, 3.63) is 42.1 Å². The smallest absolute Gasteiger partial charge is 0.229 e. The molecule has 0 saturated heterocycles. The summed E-state index contributed by atoms with van der Waals surface area (Å²) in [6.45, 7) is 2.05. The molecule has 0 aliphatic heterocycles. The van der Waals surface area contributed by atoms with Crippen molar-refractivity contribution in [2.24, 2.45) is 0 Å². The van der Waals surface area contributed by atoms with Crippen LogP contribution in [-0.2, 0) is 0 Å². The van der Waals surface area contributed by atoms with E-state index in [-0.39, 0.29) is 0 Å². The van der Waals surface area contributed by atoms with E-state index in [2.05, 4.69) is 20.6 Å². The average molecular weight is 268 g/mol. The zero-order valence-corrected chi connectivity index (χ0v) is 11.8. The lowest BCUT2D eigenvalue weighted by molar-refractivity contribution is 0.748. The van der Waals surface area contributed by atoms with Crippen LogP contribution in [0, 0.1) is 6.92 Å². The Morgan fingerprint density at radius 3 is 2.60 bits per heavy atom. The third kappa shape index (κ3) is 3.07. The predicted octanol–water partition coefficient (Wildman–Crippen LogP) is 3.88. The summed E-state index contributed by atoms with van der Waals surface area (Å²) >= 11 is 0. The normalized spacial score (nSPS) is 15.2. The van der Waals surface area contributed by atoms with Crippen LogP contribution in [0.3, 0.4) is 0 Å². The van der Waals surface area contributed by atoms with E-state index in [1.165, 1.54) is 25.7 Å². The number of hydrogen-bond acceptors (Lipinski definition) is 4. The molecule has 2 aromatic rings. The molecule has 1 aromatic carbocycles. The number of nitrogens with one attached hydrogen (secondary N) is 2. The van der Waals surface area contributed by atoms with Crippen LogP contribution in [0.25, 0.3) is 0 Å². The first kappa shape index (κ1) is 12.9. The molecular weight excluding hydrogens is 248 g/mol. The van der Waals surface area contributed by atoms with E-state index < -0.39 is 0 Å². The van der Waals surface area contributed by atoms with Gasteiger partial charge in [-0.2, -0.15) is 4.98 Å². The molecule has 1 aliphatic carbocycles. The maximum absolute atomic E-state index is 4.60. The highest BCUT2D eigenvalue weighted by atomic mass is 15.1. The van der Waals surface area contributed by atoms with Crippen LogP contribution < -0.4 is 10.6 Å². The fourth-order valence-electron chi connectivity index (χ4n) is 2.56. The summed E-state index contributed by atoms with van der Waals surface area (Å²) in [6.07, 6.45) is 6.99.